The Hall–Kier alpha value is -1.71. The molecule has 17 heavy (non-hydrogen) atoms. The second-order valence-electron chi connectivity index (χ2n) is 4.72. The number of benzene rings is 1. The minimum atomic E-state index is -0.981. The molecule has 1 aliphatic carbocycles. The predicted molar refractivity (Wildman–Crippen MR) is 68.3 cm³/mol. The van der Waals surface area contributed by atoms with E-state index in [-0.39, 0.29) is 11.1 Å². The van der Waals surface area contributed by atoms with E-state index in [0.29, 0.717) is 5.69 Å². The first kappa shape index (κ1) is 11.8. The van der Waals surface area contributed by atoms with E-state index < -0.39 is 5.97 Å². The van der Waals surface area contributed by atoms with Crippen LogP contribution in [0.1, 0.15) is 43.0 Å². The highest BCUT2D eigenvalue weighted by atomic mass is 16.4. The second kappa shape index (κ2) is 4.28. The summed E-state index contributed by atoms with van der Waals surface area (Å²) in [6.45, 7) is 2.15. The molecule has 4 heteroatoms. The van der Waals surface area contributed by atoms with E-state index in [4.69, 9.17) is 10.8 Å². The molecular weight excluding hydrogens is 216 g/mol. The average Bonchev–Trinajstić information content (AvgIpc) is 2.25. The lowest BCUT2D eigenvalue weighted by Gasteiger charge is -2.43. The zero-order valence-corrected chi connectivity index (χ0v) is 9.99. The zero-order valence-electron chi connectivity index (χ0n) is 9.99. The van der Waals surface area contributed by atoms with Gasteiger partial charge in [-0.05, 0) is 43.9 Å². The molecule has 0 saturated heterocycles. The largest absolute Gasteiger partial charge is 0.478 e. The summed E-state index contributed by atoms with van der Waals surface area (Å²) in [5, 5.41) is 12.5. The normalized spacial score (nSPS) is 17.2. The van der Waals surface area contributed by atoms with Crippen LogP contribution in [0, 0.1) is 0 Å². The molecule has 92 valence electrons. The summed E-state index contributed by atoms with van der Waals surface area (Å²) < 4.78 is 0. The van der Waals surface area contributed by atoms with Crippen molar-refractivity contribution in [2.24, 2.45) is 0 Å². The maximum atomic E-state index is 11.0. The molecule has 1 fully saturated rings. The zero-order chi connectivity index (χ0) is 12.5. The van der Waals surface area contributed by atoms with Crippen molar-refractivity contribution in [2.45, 2.75) is 38.1 Å². The molecule has 0 aliphatic heterocycles. The van der Waals surface area contributed by atoms with E-state index in [9.17, 15) is 4.79 Å². The minimum Gasteiger partial charge on any atom is -0.478 e. The third-order valence-corrected chi connectivity index (χ3v) is 3.68. The van der Waals surface area contributed by atoms with E-state index in [2.05, 4.69) is 12.2 Å². The SMILES string of the molecule is CCC1(Nc2ccc(N)c(C(=O)O)c2)CCC1. The molecule has 0 amide bonds. The van der Waals surface area contributed by atoms with Gasteiger partial charge in [-0.15, -0.1) is 0 Å². The average molecular weight is 234 g/mol. The van der Waals surface area contributed by atoms with E-state index >= 15 is 0 Å². The highest BCUT2D eigenvalue weighted by molar-refractivity contribution is 5.94. The molecule has 0 radical (unpaired) electrons. The van der Waals surface area contributed by atoms with Crippen molar-refractivity contribution in [3.8, 4) is 0 Å². The number of nitrogen functional groups attached to an aromatic ring is 1. The maximum Gasteiger partial charge on any atom is 0.337 e. The van der Waals surface area contributed by atoms with E-state index in [0.717, 1.165) is 24.9 Å². The van der Waals surface area contributed by atoms with Crippen molar-refractivity contribution in [1.29, 1.82) is 0 Å². The molecule has 4 nitrogen and oxygen atoms in total. The van der Waals surface area contributed by atoms with Gasteiger partial charge in [0.15, 0.2) is 0 Å². The van der Waals surface area contributed by atoms with Crippen LogP contribution in [0.25, 0.3) is 0 Å². The number of carboxylic acid groups (broad SMARTS) is 1. The van der Waals surface area contributed by atoms with Gasteiger partial charge in [0.2, 0.25) is 0 Å². The summed E-state index contributed by atoms with van der Waals surface area (Å²) in [5.74, 6) is -0.981. The molecule has 1 aromatic carbocycles. The Morgan fingerprint density at radius 3 is 2.71 bits per heavy atom. The maximum absolute atomic E-state index is 11.0. The van der Waals surface area contributed by atoms with Gasteiger partial charge < -0.3 is 16.2 Å². The van der Waals surface area contributed by atoms with Gasteiger partial charge in [-0.2, -0.15) is 0 Å². The fourth-order valence-electron chi connectivity index (χ4n) is 2.30. The first-order valence-electron chi connectivity index (χ1n) is 5.97. The number of aromatic carboxylic acids is 1. The Balaban J connectivity index is 2.22. The smallest absolute Gasteiger partial charge is 0.337 e. The van der Waals surface area contributed by atoms with Gasteiger partial charge in [-0.25, -0.2) is 4.79 Å². The molecule has 2 rings (SSSR count). The number of carbonyl (C=O) groups is 1. The quantitative estimate of drug-likeness (QED) is 0.700. The summed E-state index contributed by atoms with van der Waals surface area (Å²) in [6.07, 6.45) is 4.59. The van der Waals surface area contributed by atoms with Crippen LogP contribution in [0.5, 0.6) is 0 Å². The number of nitrogens with one attached hydrogen (secondary N) is 1. The molecule has 1 aromatic rings. The topological polar surface area (TPSA) is 75.3 Å². The van der Waals surface area contributed by atoms with Crippen LogP contribution in [0.15, 0.2) is 18.2 Å². The number of rotatable bonds is 4. The molecule has 0 unspecified atom stereocenters. The lowest BCUT2D eigenvalue weighted by Crippen LogP contribution is -2.44. The summed E-state index contributed by atoms with van der Waals surface area (Å²) in [4.78, 5) is 11.0. The van der Waals surface area contributed by atoms with Crippen LogP contribution in [-0.4, -0.2) is 16.6 Å². The molecule has 0 heterocycles. The molecular formula is C13H18N2O2. The Bertz CT molecular complexity index is 434. The van der Waals surface area contributed by atoms with Crippen molar-refractivity contribution >= 4 is 17.3 Å². The highest BCUT2D eigenvalue weighted by Gasteiger charge is 2.34. The van der Waals surface area contributed by atoms with Crippen molar-refractivity contribution in [1.82, 2.24) is 0 Å². The molecule has 0 spiro atoms. The lowest BCUT2D eigenvalue weighted by molar-refractivity contribution is 0.0698. The Kier molecular flexibility index (Phi) is 2.96. The number of carboxylic acids is 1. The van der Waals surface area contributed by atoms with Crippen LogP contribution < -0.4 is 11.1 Å². The molecule has 0 atom stereocenters. The monoisotopic (exact) mass is 234 g/mol. The minimum absolute atomic E-state index is 0.159. The van der Waals surface area contributed by atoms with Crippen molar-refractivity contribution in [2.75, 3.05) is 11.1 Å². The van der Waals surface area contributed by atoms with Crippen LogP contribution in [0.3, 0.4) is 0 Å². The second-order valence-corrected chi connectivity index (χ2v) is 4.72. The number of hydrogen-bond acceptors (Lipinski definition) is 3. The summed E-state index contributed by atoms with van der Waals surface area (Å²) in [6, 6.07) is 5.11. The Labute approximate surface area is 101 Å². The van der Waals surface area contributed by atoms with Crippen LogP contribution >= 0.6 is 0 Å². The van der Waals surface area contributed by atoms with Crippen molar-refractivity contribution in [3.63, 3.8) is 0 Å². The van der Waals surface area contributed by atoms with E-state index in [1.165, 1.54) is 6.42 Å². The Morgan fingerprint density at radius 2 is 2.24 bits per heavy atom. The van der Waals surface area contributed by atoms with Gasteiger partial charge >= 0.3 is 5.97 Å². The van der Waals surface area contributed by atoms with Gasteiger partial charge in [-0.3, -0.25) is 0 Å². The van der Waals surface area contributed by atoms with Gasteiger partial charge in [0.05, 0.1) is 5.56 Å². The summed E-state index contributed by atoms with van der Waals surface area (Å²) in [7, 11) is 0. The van der Waals surface area contributed by atoms with Crippen LogP contribution in [-0.2, 0) is 0 Å². The van der Waals surface area contributed by atoms with Crippen molar-refractivity contribution < 1.29 is 9.90 Å². The van der Waals surface area contributed by atoms with Gasteiger partial charge in [0, 0.05) is 16.9 Å². The van der Waals surface area contributed by atoms with Gasteiger partial charge in [0.25, 0.3) is 0 Å². The van der Waals surface area contributed by atoms with E-state index in [1.807, 2.05) is 6.07 Å². The fourth-order valence-corrected chi connectivity index (χ4v) is 2.30. The van der Waals surface area contributed by atoms with Gasteiger partial charge in [-0.1, -0.05) is 6.92 Å². The van der Waals surface area contributed by atoms with E-state index in [1.54, 1.807) is 12.1 Å². The van der Waals surface area contributed by atoms with Crippen molar-refractivity contribution in [3.05, 3.63) is 23.8 Å². The van der Waals surface area contributed by atoms with Gasteiger partial charge in [0.1, 0.15) is 0 Å². The van der Waals surface area contributed by atoms with Crippen LogP contribution in [0.4, 0.5) is 11.4 Å². The number of nitrogens with two attached hydrogens (primary N) is 1. The molecule has 1 aliphatic rings. The standard InChI is InChI=1S/C13H18N2O2/c1-2-13(6-3-7-13)15-9-4-5-11(14)10(8-9)12(16)17/h4-5,8,15H,2-3,6-7,14H2,1H3,(H,16,17). The fraction of sp³-hybridized carbons (Fsp3) is 0.462. The Morgan fingerprint density at radius 1 is 1.53 bits per heavy atom. The lowest BCUT2D eigenvalue weighted by atomic mass is 9.74. The first-order chi connectivity index (χ1) is 8.06. The molecule has 1 saturated carbocycles. The first-order valence-corrected chi connectivity index (χ1v) is 5.97. The predicted octanol–water partition coefficient (Wildman–Crippen LogP) is 2.71. The molecule has 0 aromatic heterocycles. The summed E-state index contributed by atoms with van der Waals surface area (Å²) >= 11 is 0. The highest BCUT2D eigenvalue weighted by Crippen LogP contribution is 2.38. The third-order valence-electron chi connectivity index (χ3n) is 3.68. The number of hydrogen-bond donors (Lipinski definition) is 3. The third kappa shape index (κ3) is 2.20. The molecule has 0 bridgehead atoms. The number of anilines is 2. The summed E-state index contributed by atoms with van der Waals surface area (Å²) in [5.41, 5.74) is 7.10. The van der Waals surface area contributed by atoms with Crippen LogP contribution in [0.2, 0.25) is 0 Å². The molecule has 4 N–H and O–H groups in total.